The third kappa shape index (κ3) is 23.2. The number of carbonyl (C=O) groups is 11. The minimum atomic E-state index is -1.65. The quantitative estimate of drug-likeness (QED) is 0.0918. The van der Waals surface area contributed by atoms with Crippen LogP contribution in [0, 0.1) is 35.5 Å². The zero-order valence-electron chi connectivity index (χ0n) is 58.0. The number of carbonyl (C=O) groups excluding carboxylic acids is 11. The number of unbranched alkanes of at least 4 members (excludes halogenated alkanes) is 1. The molecule has 0 unspecified atom stereocenters. The molecule has 0 aromatic carbocycles. The van der Waals surface area contributed by atoms with Crippen molar-refractivity contribution in [2.45, 2.75) is 228 Å². The number of hydrogen-bond donors (Lipinski definition) is 5. The van der Waals surface area contributed by atoms with Gasteiger partial charge in [0.2, 0.25) is 65.0 Å². The van der Waals surface area contributed by atoms with Gasteiger partial charge in [0.05, 0.1) is 25.4 Å². The summed E-state index contributed by atoms with van der Waals surface area (Å²) < 4.78 is 19.2. The second-order valence-corrected chi connectivity index (χ2v) is 26.4. The highest BCUT2D eigenvalue weighted by atomic mass is 19.1. The lowest BCUT2D eigenvalue weighted by Gasteiger charge is -2.41. The molecule has 0 bridgehead atoms. The number of nitrogens with zero attached hydrogens (tertiary/aromatic N) is 7. The molecule has 1 aliphatic rings. The van der Waals surface area contributed by atoms with E-state index in [4.69, 9.17) is 4.74 Å². The molecule has 89 heavy (non-hydrogen) atoms. The lowest BCUT2D eigenvalue weighted by molar-refractivity contribution is -0.157. The number of aliphatic hydroxyl groups is 1. The van der Waals surface area contributed by atoms with Crippen molar-refractivity contribution in [1.29, 1.82) is 0 Å². The lowest BCUT2D eigenvalue weighted by atomic mass is 9.91. The lowest BCUT2D eigenvalue weighted by Crippen LogP contribution is -2.63. The van der Waals surface area contributed by atoms with Gasteiger partial charge in [-0.1, -0.05) is 95.2 Å². The average Bonchev–Trinajstić information content (AvgIpc) is 0.987. The SMILES string of the molecule is C/C=C/C[C@@H](C)[C@@H](O)[C@@H]1C(=O)N[C@@H](CC)C(=O)N(C)CC(=O)N(C)[C@@H]([C@@H](C)OCCCCF)C(=O)N[C@@H](C(C)C)C(=O)N(C)[C@@H](CC(C)C)C(=O)N[C@@H](C)C(=O)N[C@H](C)C(=O)N(C)[C@@H](CC(C)C)C(=O)N(C)[C@@H](CC(C)C)C(=O)N(C)[C@H](C(C)C)C(=O)N1C. The number of alkyl halides is 1. The fraction of sp³-hybridized carbons (Fsp3) is 0.797. The number of aliphatic hydroxyl groups excluding tert-OH is 1. The summed E-state index contributed by atoms with van der Waals surface area (Å²) in [5, 5.41) is 23.0. The Morgan fingerprint density at radius 2 is 1.00 bits per heavy atom. The summed E-state index contributed by atoms with van der Waals surface area (Å²) in [6.07, 6.45) is 2.06. The third-order valence-electron chi connectivity index (χ3n) is 16.7. The molecule has 510 valence electrons. The molecule has 13 atom stereocenters. The van der Waals surface area contributed by atoms with Crippen molar-refractivity contribution >= 4 is 65.0 Å². The Balaban J connectivity index is 4.38. The van der Waals surface area contributed by atoms with Gasteiger partial charge >= 0.3 is 0 Å². The van der Waals surface area contributed by atoms with Crippen molar-refractivity contribution < 1.29 is 67.0 Å². The Morgan fingerprint density at radius 3 is 1.48 bits per heavy atom. The molecule has 0 aromatic heterocycles. The van der Waals surface area contributed by atoms with Gasteiger partial charge in [-0.15, -0.1) is 0 Å². The van der Waals surface area contributed by atoms with E-state index in [0.717, 1.165) is 14.7 Å². The molecule has 0 aromatic rings. The van der Waals surface area contributed by atoms with E-state index in [1.807, 2.05) is 41.5 Å². The minimum Gasteiger partial charge on any atom is -0.390 e. The molecule has 0 aliphatic carbocycles. The van der Waals surface area contributed by atoms with E-state index < -0.39 is 169 Å². The number of nitrogens with one attached hydrogen (secondary N) is 4. The Hall–Kier alpha value is -6.24. The zero-order valence-corrected chi connectivity index (χ0v) is 58.0. The first kappa shape index (κ1) is 80.8. The van der Waals surface area contributed by atoms with Crippen LogP contribution in [0.3, 0.4) is 0 Å². The predicted octanol–water partition coefficient (Wildman–Crippen LogP) is 3.38. The normalized spacial score (nSPS) is 26.5. The number of rotatable bonds is 19. The fourth-order valence-electron chi connectivity index (χ4n) is 11.0. The molecule has 1 fully saturated rings. The van der Waals surface area contributed by atoms with Crippen LogP contribution in [-0.2, 0) is 57.5 Å². The topological polar surface area (TPSA) is 288 Å². The molecule has 1 heterocycles. The maximum atomic E-state index is 15.2. The Morgan fingerprint density at radius 1 is 0.528 bits per heavy atom. The van der Waals surface area contributed by atoms with Gasteiger partial charge < -0.3 is 65.4 Å². The monoisotopic (exact) mass is 1260 g/mol. The molecule has 24 nitrogen and oxygen atoms in total. The van der Waals surface area contributed by atoms with Gasteiger partial charge in [-0.2, -0.15) is 0 Å². The summed E-state index contributed by atoms with van der Waals surface area (Å²) in [7, 11) is 9.67. The first-order chi connectivity index (χ1) is 41.3. The van der Waals surface area contributed by atoms with Crippen LogP contribution >= 0.6 is 0 Å². The highest BCUT2D eigenvalue weighted by Crippen LogP contribution is 2.26. The maximum Gasteiger partial charge on any atom is 0.246 e. The van der Waals surface area contributed by atoms with Crippen molar-refractivity contribution in [2.75, 3.05) is 69.2 Å². The van der Waals surface area contributed by atoms with Crippen LogP contribution in [-0.4, -0.2) is 246 Å². The first-order valence-corrected chi connectivity index (χ1v) is 31.8. The van der Waals surface area contributed by atoms with Crippen LogP contribution in [0.2, 0.25) is 0 Å². The highest BCUT2D eigenvalue weighted by Gasteiger charge is 2.46. The molecule has 25 heteroatoms. The van der Waals surface area contributed by atoms with Crippen LogP contribution in [0.15, 0.2) is 12.2 Å². The Bertz CT molecular complexity index is 2410. The van der Waals surface area contributed by atoms with Crippen molar-refractivity contribution in [2.24, 2.45) is 35.5 Å². The molecule has 0 spiro atoms. The maximum absolute atomic E-state index is 15.2. The van der Waals surface area contributed by atoms with E-state index in [-0.39, 0.29) is 69.3 Å². The molecular formula is C64H114FN11O13. The zero-order chi connectivity index (χ0) is 68.8. The summed E-state index contributed by atoms with van der Waals surface area (Å²) in [6.45, 7) is 26.1. The standard InChI is InChI=1S/C64H114FN11O13/c1-24-26-29-41(13)54(78)53-58(82)68-45(25-2)60(84)70(17)35-49(77)74(21)52(44(16)89-31-28-27-30-65)57(81)69-50(39(9)10)63(87)71(18)46(32-36(3)4)56(80)66-42(14)55(79)67-43(15)59(83)72(19)47(33-37(5)6)61(85)73(20)48(34-38(7)8)62(86)75(22)51(40(11)12)64(88)76(53)23/h24,26,36-48,50-54,78H,25,27-35H2,1-23H3,(H,66,80)(H,67,79)(H,68,82)(H,69,81)/b26-24+/t41-,42+,43-,44-,45+,46+,47+,48+,50+,51-,52+,53-,54-/m1/s1. The molecule has 1 rings (SSSR count). The molecular weight excluding hydrogens is 1150 g/mol. The summed E-state index contributed by atoms with van der Waals surface area (Å²) in [6, 6.07) is -13.0. The van der Waals surface area contributed by atoms with Crippen molar-refractivity contribution in [1.82, 2.24) is 55.6 Å². The second kappa shape index (κ2) is 37.8. The first-order valence-electron chi connectivity index (χ1n) is 31.8. The summed E-state index contributed by atoms with van der Waals surface area (Å²) >= 11 is 0. The average molecular weight is 1260 g/mol. The van der Waals surface area contributed by atoms with Crippen LogP contribution in [0.4, 0.5) is 4.39 Å². The molecule has 11 amide bonds. The van der Waals surface area contributed by atoms with Crippen molar-refractivity contribution in [3.05, 3.63) is 12.2 Å². The minimum absolute atomic E-state index is 0.00475. The van der Waals surface area contributed by atoms with Crippen molar-refractivity contribution in [3.8, 4) is 0 Å². The highest BCUT2D eigenvalue weighted by molar-refractivity contribution is 5.99. The summed E-state index contributed by atoms with van der Waals surface area (Å²) in [5.41, 5.74) is 0. The van der Waals surface area contributed by atoms with Gasteiger partial charge in [0, 0.05) is 55.9 Å². The van der Waals surface area contributed by atoms with Crippen LogP contribution in [0.1, 0.15) is 156 Å². The summed E-state index contributed by atoms with van der Waals surface area (Å²) in [5.74, 6) is -10.4. The van der Waals surface area contributed by atoms with Gasteiger partial charge in [-0.05, 0) is 108 Å². The molecule has 1 saturated heterocycles. The summed E-state index contributed by atoms with van der Waals surface area (Å²) in [4.78, 5) is 169. The predicted molar refractivity (Wildman–Crippen MR) is 340 cm³/mol. The van der Waals surface area contributed by atoms with Crippen molar-refractivity contribution in [3.63, 3.8) is 0 Å². The Kier molecular flexibility index (Phi) is 34.3. The number of ether oxygens (including phenoxy) is 1. The van der Waals surface area contributed by atoms with Crippen LogP contribution < -0.4 is 21.3 Å². The third-order valence-corrected chi connectivity index (χ3v) is 16.7. The molecule has 1 aliphatic heterocycles. The van der Waals surface area contributed by atoms with E-state index in [1.54, 1.807) is 60.6 Å². The number of halogens is 1. The number of amides is 11. The Labute approximate surface area is 530 Å². The van der Waals surface area contributed by atoms with E-state index >= 15 is 9.59 Å². The van der Waals surface area contributed by atoms with E-state index in [9.17, 15) is 52.6 Å². The van der Waals surface area contributed by atoms with Gasteiger partial charge in [-0.25, -0.2) is 0 Å². The van der Waals surface area contributed by atoms with E-state index in [0.29, 0.717) is 0 Å². The molecule has 5 N–H and O–H groups in total. The molecule has 0 saturated carbocycles. The van der Waals surface area contributed by atoms with E-state index in [2.05, 4.69) is 21.3 Å². The molecule has 0 radical (unpaired) electrons. The number of hydrogen-bond acceptors (Lipinski definition) is 13. The number of allylic oxidation sites excluding steroid dienone is 2. The van der Waals surface area contributed by atoms with Gasteiger partial charge in [0.15, 0.2) is 0 Å². The number of likely N-dealkylation sites (N-methyl/N-ethyl adjacent to an activating group) is 7. The smallest absolute Gasteiger partial charge is 0.246 e. The fourth-order valence-corrected chi connectivity index (χ4v) is 11.0. The van der Waals surface area contributed by atoms with Gasteiger partial charge in [0.1, 0.15) is 60.4 Å². The van der Waals surface area contributed by atoms with E-state index in [1.165, 1.54) is 89.7 Å². The van der Waals surface area contributed by atoms with Crippen LogP contribution in [0.25, 0.3) is 0 Å². The van der Waals surface area contributed by atoms with Crippen LogP contribution in [0.5, 0.6) is 0 Å². The van der Waals surface area contributed by atoms with Gasteiger partial charge in [0.25, 0.3) is 0 Å². The van der Waals surface area contributed by atoms with Gasteiger partial charge in [-0.3, -0.25) is 57.1 Å². The largest absolute Gasteiger partial charge is 0.390 e. The second-order valence-electron chi connectivity index (χ2n) is 26.4.